The maximum Gasteiger partial charge on any atom is 0.495 e. The van der Waals surface area contributed by atoms with E-state index in [1.165, 1.54) is 7.11 Å². The minimum Gasteiger partial charge on any atom is -0.469 e. The third kappa shape index (κ3) is 4.55. The Kier molecular flexibility index (Phi) is 6.84. The zero-order chi connectivity index (χ0) is 24.0. The number of esters is 1. The Hall–Kier alpha value is -1.61. The number of methoxy groups -OCH3 is 1. The first-order valence-electron chi connectivity index (χ1n) is 11.8. The highest BCUT2D eigenvalue weighted by molar-refractivity contribution is 6.66. The number of benzene rings is 1. The Balaban J connectivity index is 1.83. The van der Waals surface area contributed by atoms with E-state index in [0.29, 0.717) is 17.9 Å². The van der Waals surface area contributed by atoms with E-state index in [9.17, 15) is 4.79 Å². The molecule has 0 bridgehead atoms. The number of rotatable bonds is 6. The van der Waals surface area contributed by atoms with Gasteiger partial charge in [-0.1, -0.05) is 18.5 Å². The first-order chi connectivity index (χ1) is 15.6. The van der Waals surface area contributed by atoms with Gasteiger partial charge in [-0.05, 0) is 76.4 Å². The quantitative estimate of drug-likeness (QED) is 0.443. The molecule has 0 N–H and O–H groups in total. The van der Waals surface area contributed by atoms with Gasteiger partial charge in [-0.2, -0.15) is 5.10 Å². The summed E-state index contributed by atoms with van der Waals surface area (Å²) in [5.74, 6) is -0.247. The standard InChI is InChI=1S/C24H34BClN2O5/c1-15(10-11-20(29)30-6)21-17(26)13-18-16(14-27-28(18)19-9-7-8-12-31-19)22(21)25-32-23(2,3)24(4,5)33-25/h13-15,19H,7-12H2,1-6H3. The Bertz CT molecular complexity index is 1020. The summed E-state index contributed by atoms with van der Waals surface area (Å²) in [5, 5.41) is 6.25. The predicted octanol–water partition coefficient (Wildman–Crippen LogP) is 4.74. The monoisotopic (exact) mass is 476 g/mol. The summed E-state index contributed by atoms with van der Waals surface area (Å²) in [7, 11) is 0.806. The number of fused-ring (bicyclic) bond motifs is 1. The molecule has 2 fully saturated rings. The normalized spacial score (nSPS) is 23.1. The number of carbonyl (C=O) groups excluding carboxylic acids is 1. The van der Waals surface area contributed by atoms with Crippen LogP contribution in [0.3, 0.4) is 0 Å². The topological polar surface area (TPSA) is 71.8 Å². The highest BCUT2D eigenvalue weighted by Crippen LogP contribution is 2.40. The molecule has 33 heavy (non-hydrogen) atoms. The molecule has 2 unspecified atom stereocenters. The third-order valence-electron chi connectivity index (χ3n) is 7.35. The smallest absolute Gasteiger partial charge is 0.469 e. The first-order valence-corrected chi connectivity index (χ1v) is 12.2. The fraction of sp³-hybridized carbons (Fsp3) is 0.667. The van der Waals surface area contributed by atoms with Gasteiger partial charge < -0.3 is 18.8 Å². The summed E-state index contributed by atoms with van der Waals surface area (Å²) in [6.07, 6.45) is 5.75. The maximum atomic E-state index is 11.8. The molecule has 9 heteroatoms. The van der Waals surface area contributed by atoms with Gasteiger partial charge in [-0.15, -0.1) is 0 Å². The number of aromatic nitrogens is 2. The molecule has 0 spiro atoms. The molecule has 1 aromatic heterocycles. The second kappa shape index (κ2) is 9.21. The van der Waals surface area contributed by atoms with Crippen molar-refractivity contribution in [1.82, 2.24) is 9.78 Å². The summed E-state index contributed by atoms with van der Waals surface area (Å²) in [4.78, 5) is 11.8. The lowest BCUT2D eigenvalue weighted by atomic mass is 9.71. The second-order valence-corrected chi connectivity index (χ2v) is 10.5. The fourth-order valence-corrected chi connectivity index (χ4v) is 5.03. The van der Waals surface area contributed by atoms with E-state index in [4.69, 9.17) is 35.5 Å². The highest BCUT2D eigenvalue weighted by Gasteiger charge is 2.53. The zero-order valence-electron chi connectivity index (χ0n) is 20.4. The first kappa shape index (κ1) is 24.5. The molecule has 7 nitrogen and oxygen atoms in total. The molecule has 1 aromatic carbocycles. The summed E-state index contributed by atoms with van der Waals surface area (Å²) in [6.45, 7) is 10.9. The lowest BCUT2D eigenvalue weighted by molar-refractivity contribution is -0.140. The zero-order valence-corrected chi connectivity index (χ0v) is 21.2. The van der Waals surface area contributed by atoms with Crippen LogP contribution >= 0.6 is 11.6 Å². The van der Waals surface area contributed by atoms with E-state index in [1.54, 1.807) is 0 Å². The number of hydrogen-bond donors (Lipinski definition) is 0. The van der Waals surface area contributed by atoms with Crippen molar-refractivity contribution in [2.24, 2.45) is 0 Å². The molecule has 0 aliphatic carbocycles. The average molecular weight is 477 g/mol. The number of carbonyl (C=O) groups is 1. The lowest BCUT2D eigenvalue weighted by Gasteiger charge is -2.32. The van der Waals surface area contributed by atoms with Crippen LogP contribution in [0.2, 0.25) is 5.02 Å². The van der Waals surface area contributed by atoms with Gasteiger partial charge in [-0.25, -0.2) is 4.68 Å². The Morgan fingerprint density at radius 3 is 2.61 bits per heavy atom. The van der Waals surface area contributed by atoms with Crippen molar-refractivity contribution in [3.05, 3.63) is 22.8 Å². The van der Waals surface area contributed by atoms with Crippen LogP contribution in [0.25, 0.3) is 10.9 Å². The van der Waals surface area contributed by atoms with Crippen molar-refractivity contribution in [3.63, 3.8) is 0 Å². The van der Waals surface area contributed by atoms with Gasteiger partial charge in [0.25, 0.3) is 0 Å². The number of hydrogen-bond acceptors (Lipinski definition) is 6. The highest BCUT2D eigenvalue weighted by atomic mass is 35.5. The summed E-state index contributed by atoms with van der Waals surface area (Å²) in [5.41, 5.74) is 1.72. The molecule has 3 heterocycles. The number of halogens is 1. The maximum absolute atomic E-state index is 11.8. The van der Waals surface area contributed by atoms with E-state index in [2.05, 4.69) is 6.92 Å². The van der Waals surface area contributed by atoms with Crippen LogP contribution in [-0.2, 0) is 23.6 Å². The molecule has 2 aromatic rings. The van der Waals surface area contributed by atoms with E-state index < -0.39 is 18.3 Å². The largest absolute Gasteiger partial charge is 0.495 e. The second-order valence-electron chi connectivity index (χ2n) is 10.1. The minimum atomic E-state index is -0.600. The van der Waals surface area contributed by atoms with E-state index in [0.717, 1.165) is 47.8 Å². The Morgan fingerprint density at radius 2 is 2.00 bits per heavy atom. The lowest BCUT2D eigenvalue weighted by Crippen LogP contribution is -2.41. The summed E-state index contributed by atoms with van der Waals surface area (Å²) >= 11 is 6.93. The van der Waals surface area contributed by atoms with Crippen molar-refractivity contribution < 1.29 is 23.6 Å². The molecule has 4 rings (SSSR count). The summed E-state index contributed by atoms with van der Waals surface area (Å²) < 4.78 is 25.7. The van der Waals surface area contributed by atoms with Gasteiger partial charge in [0.15, 0.2) is 6.23 Å². The van der Waals surface area contributed by atoms with Gasteiger partial charge in [0.2, 0.25) is 0 Å². The SMILES string of the molecule is COC(=O)CCC(C)c1c(Cl)cc2c(cnn2C2CCCCO2)c1B1OC(C)(C)C(C)(C)O1. The molecule has 0 saturated carbocycles. The van der Waals surface area contributed by atoms with E-state index in [-0.39, 0.29) is 18.1 Å². The van der Waals surface area contributed by atoms with Crippen molar-refractivity contribution in [2.75, 3.05) is 13.7 Å². The Morgan fingerprint density at radius 1 is 1.30 bits per heavy atom. The van der Waals surface area contributed by atoms with Crippen LogP contribution < -0.4 is 5.46 Å². The van der Waals surface area contributed by atoms with Crippen LogP contribution in [0.15, 0.2) is 12.3 Å². The molecular weight excluding hydrogens is 443 g/mol. The van der Waals surface area contributed by atoms with Gasteiger partial charge in [-0.3, -0.25) is 4.79 Å². The van der Waals surface area contributed by atoms with Crippen molar-refractivity contribution in [2.45, 2.75) is 90.1 Å². The summed E-state index contributed by atoms with van der Waals surface area (Å²) in [6, 6.07) is 1.96. The molecule has 2 saturated heterocycles. The average Bonchev–Trinajstić information content (AvgIpc) is 3.28. The van der Waals surface area contributed by atoms with E-state index in [1.807, 2.05) is 44.6 Å². The van der Waals surface area contributed by atoms with Crippen LogP contribution in [0, 0.1) is 0 Å². The predicted molar refractivity (Wildman–Crippen MR) is 129 cm³/mol. The van der Waals surface area contributed by atoms with Crippen LogP contribution in [0.4, 0.5) is 0 Å². The number of nitrogens with zero attached hydrogens (tertiary/aromatic N) is 2. The van der Waals surface area contributed by atoms with Crippen LogP contribution in [0.1, 0.15) is 84.4 Å². The third-order valence-corrected chi connectivity index (χ3v) is 7.67. The van der Waals surface area contributed by atoms with Crippen LogP contribution in [-0.4, -0.2) is 47.8 Å². The van der Waals surface area contributed by atoms with Gasteiger partial charge in [0.05, 0.1) is 30.0 Å². The van der Waals surface area contributed by atoms with Crippen LogP contribution in [0.5, 0.6) is 0 Å². The molecular formula is C24H34BClN2O5. The van der Waals surface area contributed by atoms with E-state index >= 15 is 0 Å². The van der Waals surface area contributed by atoms with Crippen molar-refractivity contribution in [1.29, 1.82) is 0 Å². The fourth-order valence-electron chi connectivity index (χ4n) is 4.64. The van der Waals surface area contributed by atoms with Gasteiger partial charge in [0, 0.05) is 23.4 Å². The molecule has 0 radical (unpaired) electrons. The molecule has 2 aliphatic rings. The molecule has 180 valence electrons. The molecule has 2 atom stereocenters. The molecule has 2 aliphatic heterocycles. The minimum absolute atomic E-state index is 0.00990. The van der Waals surface area contributed by atoms with Crippen molar-refractivity contribution >= 4 is 41.1 Å². The molecule has 0 amide bonds. The van der Waals surface area contributed by atoms with Gasteiger partial charge >= 0.3 is 13.1 Å². The van der Waals surface area contributed by atoms with Gasteiger partial charge in [0.1, 0.15) is 0 Å². The van der Waals surface area contributed by atoms with Crippen molar-refractivity contribution in [3.8, 4) is 0 Å². The Labute approximate surface area is 201 Å². The number of ether oxygens (including phenoxy) is 2.